The number of hydrogen-bond acceptors (Lipinski definition) is 1. The Morgan fingerprint density at radius 1 is 0.319 bits per heavy atom. The molecule has 0 amide bonds. The van der Waals surface area contributed by atoms with Crippen molar-refractivity contribution >= 4 is 50.8 Å². The second-order valence-electron chi connectivity index (χ2n) is 11.8. The van der Waals surface area contributed by atoms with Crippen molar-refractivity contribution in [1.29, 1.82) is 0 Å². The summed E-state index contributed by atoms with van der Waals surface area (Å²) in [6, 6.07) is 67.3. The van der Waals surface area contributed by atoms with Gasteiger partial charge < -0.3 is 4.90 Å². The third kappa shape index (κ3) is 5.60. The lowest BCUT2D eigenvalue weighted by Gasteiger charge is -2.29. The zero-order chi connectivity index (χ0) is 31.4. The molecule has 0 fully saturated rings. The summed E-state index contributed by atoms with van der Waals surface area (Å²) in [5, 5.41) is 4.82. The second-order valence-corrected chi connectivity index (χ2v) is 11.8. The summed E-state index contributed by atoms with van der Waals surface area (Å²) < 4.78 is 0. The van der Waals surface area contributed by atoms with Crippen LogP contribution in [-0.4, -0.2) is 0 Å². The molecule has 0 spiro atoms. The smallest absolute Gasteiger partial charge is 0.0619 e. The highest BCUT2D eigenvalue weighted by Gasteiger charge is 2.22. The van der Waals surface area contributed by atoms with E-state index < -0.39 is 0 Å². The highest BCUT2D eigenvalue weighted by Crippen LogP contribution is 2.47. The van der Waals surface area contributed by atoms with E-state index >= 15 is 0 Å². The normalized spacial score (nSPS) is 11.3. The molecule has 0 aromatic heterocycles. The molecule has 0 unspecified atom stereocenters. The van der Waals surface area contributed by atoms with Crippen LogP contribution in [0.25, 0.3) is 56.0 Å². The summed E-state index contributed by atoms with van der Waals surface area (Å²) in [5.74, 6) is 0. The summed E-state index contributed by atoms with van der Waals surface area (Å²) in [5.41, 5.74) is 10.6. The quantitative estimate of drug-likeness (QED) is 0.130. The molecule has 0 N–H and O–H groups in total. The van der Waals surface area contributed by atoms with E-state index in [1.54, 1.807) is 0 Å². The molecule has 0 atom stereocenters. The summed E-state index contributed by atoms with van der Waals surface area (Å²) in [7, 11) is 0. The number of anilines is 3. The molecule has 1 nitrogen and oxygen atoms in total. The van der Waals surface area contributed by atoms with Gasteiger partial charge in [-0.1, -0.05) is 164 Å². The van der Waals surface area contributed by atoms with Crippen LogP contribution in [0.2, 0.25) is 0 Å². The fourth-order valence-corrected chi connectivity index (χ4v) is 6.58. The van der Waals surface area contributed by atoms with Crippen LogP contribution in [-0.2, 0) is 0 Å². The number of hydrogen-bond donors (Lipinski definition) is 0. The monoisotopic (exact) mass is 599 g/mol. The van der Waals surface area contributed by atoms with Crippen molar-refractivity contribution in [2.75, 3.05) is 4.90 Å². The largest absolute Gasteiger partial charge is 0.309 e. The Labute approximate surface area is 276 Å². The summed E-state index contributed by atoms with van der Waals surface area (Å²) in [4.78, 5) is 2.42. The molecule has 0 bridgehead atoms. The van der Waals surface area contributed by atoms with Crippen LogP contribution in [0.5, 0.6) is 0 Å². The first-order valence-electron chi connectivity index (χ1n) is 16.1. The lowest BCUT2D eigenvalue weighted by molar-refractivity contribution is 1.31. The fraction of sp³-hybridized carbons (Fsp3) is 0. The van der Waals surface area contributed by atoms with Crippen LogP contribution < -0.4 is 4.90 Å². The maximum absolute atomic E-state index is 2.42. The fourth-order valence-electron chi connectivity index (χ4n) is 6.58. The van der Waals surface area contributed by atoms with Crippen molar-refractivity contribution in [3.8, 4) is 22.3 Å². The Hall–Kier alpha value is -6.18. The van der Waals surface area contributed by atoms with E-state index in [0.717, 1.165) is 11.4 Å². The molecule has 0 saturated heterocycles. The number of fused-ring (bicyclic) bond motifs is 2. The number of benzene rings is 8. The highest BCUT2D eigenvalue weighted by molar-refractivity contribution is 6.20. The summed E-state index contributed by atoms with van der Waals surface area (Å²) >= 11 is 0. The van der Waals surface area contributed by atoms with Crippen LogP contribution in [0, 0.1) is 0 Å². The average molecular weight is 600 g/mol. The van der Waals surface area contributed by atoms with Crippen LogP contribution >= 0.6 is 0 Å². The SMILES string of the molecule is C(=Cc1c2cc(-c3ccccc3)ccc2c(N(c2ccccc2)c2ccccc2)c2cc(-c3ccccc3)ccc12)c1ccccc1. The minimum atomic E-state index is 1.12. The van der Waals surface area contributed by atoms with Crippen molar-refractivity contribution in [1.82, 2.24) is 0 Å². The molecule has 0 aliphatic carbocycles. The standard InChI is InChI=1S/C46H33N/c1-6-16-34(17-7-1)26-29-41-42-30-27-38(36-20-10-3-11-21-36)33-45(42)46(43-31-28-37(32-44(41)43)35-18-8-2-9-19-35)47(39-22-12-4-13-23-39)40-24-14-5-15-25-40/h1-33H. The van der Waals surface area contributed by atoms with Crippen LogP contribution in [0.4, 0.5) is 17.1 Å². The van der Waals surface area contributed by atoms with Gasteiger partial charge in [0, 0.05) is 22.1 Å². The number of rotatable bonds is 7. The predicted octanol–water partition coefficient (Wildman–Crippen LogP) is 13.0. The van der Waals surface area contributed by atoms with Crippen LogP contribution in [0.1, 0.15) is 11.1 Å². The van der Waals surface area contributed by atoms with Crippen molar-refractivity contribution in [3.05, 3.63) is 199 Å². The van der Waals surface area contributed by atoms with Crippen molar-refractivity contribution in [2.24, 2.45) is 0 Å². The van der Waals surface area contributed by atoms with Gasteiger partial charge in [0.25, 0.3) is 0 Å². The van der Waals surface area contributed by atoms with E-state index in [-0.39, 0.29) is 0 Å². The molecule has 8 aromatic rings. The lowest BCUT2D eigenvalue weighted by Crippen LogP contribution is -2.11. The van der Waals surface area contributed by atoms with Gasteiger partial charge in [-0.05, 0) is 80.6 Å². The molecule has 47 heavy (non-hydrogen) atoms. The van der Waals surface area contributed by atoms with Gasteiger partial charge >= 0.3 is 0 Å². The molecule has 8 rings (SSSR count). The van der Waals surface area contributed by atoms with Gasteiger partial charge in [-0.25, -0.2) is 0 Å². The molecule has 1 heteroatoms. The van der Waals surface area contributed by atoms with Gasteiger partial charge in [0.15, 0.2) is 0 Å². The molecule has 0 aliphatic rings. The van der Waals surface area contributed by atoms with E-state index in [0.29, 0.717) is 0 Å². The van der Waals surface area contributed by atoms with Crippen molar-refractivity contribution < 1.29 is 0 Å². The van der Waals surface area contributed by atoms with E-state index in [1.165, 1.54) is 60.6 Å². The minimum Gasteiger partial charge on any atom is -0.309 e. The predicted molar refractivity (Wildman–Crippen MR) is 202 cm³/mol. The molecule has 8 aromatic carbocycles. The first kappa shape index (κ1) is 28.3. The van der Waals surface area contributed by atoms with Gasteiger partial charge in [0.1, 0.15) is 0 Å². The van der Waals surface area contributed by atoms with Crippen molar-refractivity contribution in [3.63, 3.8) is 0 Å². The number of nitrogens with zero attached hydrogens (tertiary/aromatic N) is 1. The Bertz CT molecular complexity index is 2270. The number of para-hydroxylation sites is 2. The Balaban J connectivity index is 1.51. The molecule has 0 saturated carbocycles. The molecule has 0 heterocycles. The Morgan fingerprint density at radius 3 is 1.30 bits per heavy atom. The van der Waals surface area contributed by atoms with Crippen LogP contribution in [0.3, 0.4) is 0 Å². The first-order chi connectivity index (χ1) is 23.3. The van der Waals surface area contributed by atoms with E-state index in [4.69, 9.17) is 0 Å². The summed E-state index contributed by atoms with van der Waals surface area (Å²) in [6.45, 7) is 0. The minimum absolute atomic E-state index is 1.12. The van der Waals surface area contributed by atoms with Crippen LogP contribution in [0.15, 0.2) is 188 Å². The summed E-state index contributed by atoms with van der Waals surface area (Å²) in [6.07, 6.45) is 4.54. The maximum atomic E-state index is 2.42. The second kappa shape index (κ2) is 12.7. The van der Waals surface area contributed by atoms with Gasteiger partial charge in [0.05, 0.1) is 5.69 Å². The molecule has 0 aliphatic heterocycles. The Kier molecular flexibility index (Phi) is 7.63. The molecular formula is C46H33N. The maximum Gasteiger partial charge on any atom is 0.0619 e. The van der Waals surface area contributed by atoms with Gasteiger partial charge in [-0.2, -0.15) is 0 Å². The highest BCUT2D eigenvalue weighted by atomic mass is 15.1. The van der Waals surface area contributed by atoms with E-state index in [9.17, 15) is 0 Å². The lowest BCUT2D eigenvalue weighted by atomic mass is 9.89. The third-order valence-electron chi connectivity index (χ3n) is 8.84. The zero-order valence-electron chi connectivity index (χ0n) is 26.0. The average Bonchev–Trinajstić information content (AvgIpc) is 3.16. The zero-order valence-corrected chi connectivity index (χ0v) is 26.0. The molecule has 0 radical (unpaired) electrons. The third-order valence-corrected chi connectivity index (χ3v) is 8.84. The topological polar surface area (TPSA) is 3.24 Å². The van der Waals surface area contributed by atoms with Gasteiger partial charge in [0.2, 0.25) is 0 Å². The molecule has 222 valence electrons. The Morgan fingerprint density at radius 2 is 0.766 bits per heavy atom. The van der Waals surface area contributed by atoms with Crippen molar-refractivity contribution in [2.45, 2.75) is 0 Å². The van der Waals surface area contributed by atoms with Gasteiger partial charge in [-0.15, -0.1) is 0 Å². The molecular weight excluding hydrogens is 567 g/mol. The van der Waals surface area contributed by atoms with Gasteiger partial charge in [-0.3, -0.25) is 0 Å². The first-order valence-corrected chi connectivity index (χ1v) is 16.1. The van der Waals surface area contributed by atoms with E-state index in [1.807, 2.05) is 0 Å². The van der Waals surface area contributed by atoms with E-state index in [2.05, 4.69) is 205 Å².